The maximum atomic E-state index is 11.6. The second-order valence-electron chi connectivity index (χ2n) is 3.34. The number of nitrogens with one attached hydrogen (secondary N) is 2. The van der Waals surface area contributed by atoms with Gasteiger partial charge in [-0.25, -0.2) is 9.97 Å². The highest BCUT2D eigenvalue weighted by Gasteiger charge is 2.22. The number of aromatic nitrogens is 2. The second-order valence-corrected chi connectivity index (χ2v) is 3.73. The lowest BCUT2D eigenvalue weighted by Gasteiger charge is -2.09. The molecule has 2 rings (SSSR count). The monoisotopic (exact) mass is 226 g/mol. The second kappa shape index (κ2) is 4.55. The number of halogens is 1. The number of amides is 1. The molecule has 80 valence electrons. The van der Waals surface area contributed by atoms with E-state index in [4.69, 9.17) is 11.6 Å². The molecule has 1 atom stereocenters. The summed E-state index contributed by atoms with van der Waals surface area (Å²) < 4.78 is 0. The summed E-state index contributed by atoms with van der Waals surface area (Å²) in [6.07, 6.45) is 3.38. The van der Waals surface area contributed by atoms with Crippen molar-refractivity contribution in [2.45, 2.75) is 18.9 Å². The van der Waals surface area contributed by atoms with Crippen LogP contribution < -0.4 is 10.6 Å². The lowest BCUT2D eigenvalue weighted by molar-refractivity contribution is -0.117. The van der Waals surface area contributed by atoms with Gasteiger partial charge in [-0.15, -0.1) is 0 Å². The van der Waals surface area contributed by atoms with Gasteiger partial charge in [0.1, 0.15) is 5.15 Å². The molecule has 0 bridgehead atoms. The molecule has 2 heterocycles. The highest BCUT2D eigenvalue weighted by Crippen LogP contribution is 2.09. The van der Waals surface area contributed by atoms with Crippen LogP contribution in [0.4, 0.5) is 5.95 Å². The van der Waals surface area contributed by atoms with Crippen molar-refractivity contribution < 1.29 is 4.79 Å². The van der Waals surface area contributed by atoms with Crippen LogP contribution in [0.3, 0.4) is 0 Å². The molecule has 15 heavy (non-hydrogen) atoms. The number of carbonyl (C=O) groups is 1. The average molecular weight is 227 g/mol. The Labute approximate surface area is 92.3 Å². The molecule has 1 fully saturated rings. The predicted octanol–water partition coefficient (Wildman–Crippen LogP) is 0.820. The molecular formula is C9H11ClN4O. The van der Waals surface area contributed by atoms with Crippen LogP contribution in [0.1, 0.15) is 12.8 Å². The summed E-state index contributed by atoms with van der Waals surface area (Å²) >= 11 is 5.67. The van der Waals surface area contributed by atoms with E-state index in [1.165, 1.54) is 6.20 Å². The van der Waals surface area contributed by atoms with Crippen LogP contribution in [0, 0.1) is 0 Å². The van der Waals surface area contributed by atoms with Gasteiger partial charge in [-0.05, 0) is 25.5 Å². The van der Waals surface area contributed by atoms with E-state index in [-0.39, 0.29) is 17.9 Å². The fraction of sp³-hybridized carbons (Fsp3) is 0.444. The Morgan fingerprint density at radius 3 is 3.20 bits per heavy atom. The third-order valence-corrected chi connectivity index (χ3v) is 2.44. The van der Waals surface area contributed by atoms with Crippen molar-refractivity contribution in [1.82, 2.24) is 15.3 Å². The first kappa shape index (κ1) is 10.3. The van der Waals surface area contributed by atoms with E-state index in [0.29, 0.717) is 5.15 Å². The SMILES string of the molecule is O=C(Nc1nccc(Cl)n1)[C@@H]1CCCN1. The molecular weight excluding hydrogens is 216 g/mol. The van der Waals surface area contributed by atoms with E-state index >= 15 is 0 Å². The van der Waals surface area contributed by atoms with Crippen molar-refractivity contribution in [2.24, 2.45) is 0 Å². The minimum Gasteiger partial charge on any atom is -0.306 e. The zero-order valence-electron chi connectivity index (χ0n) is 8.03. The van der Waals surface area contributed by atoms with Crippen LogP contribution in [0.2, 0.25) is 5.15 Å². The van der Waals surface area contributed by atoms with Crippen LogP contribution in [0.5, 0.6) is 0 Å². The van der Waals surface area contributed by atoms with Gasteiger partial charge in [0, 0.05) is 6.20 Å². The number of carbonyl (C=O) groups excluding carboxylic acids is 1. The minimum atomic E-state index is -0.132. The standard InChI is InChI=1S/C9H11ClN4O/c10-7-3-5-12-9(13-7)14-8(15)6-2-1-4-11-6/h3,5-6,11H,1-2,4H2,(H,12,13,14,15)/t6-/m0/s1. The van der Waals surface area contributed by atoms with Crippen LogP contribution in [0.15, 0.2) is 12.3 Å². The van der Waals surface area contributed by atoms with E-state index in [1.807, 2.05) is 0 Å². The highest BCUT2D eigenvalue weighted by atomic mass is 35.5. The Bertz CT molecular complexity index is 365. The Morgan fingerprint density at radius 1 is 1.67 bits per heavy atom. The topological polar surface area (TPSA) is 66.9 Å². The van der Waals surface area contributed by atoms with E-state index in [9.17, 15) is 4.79 Å². The Balaban J connectivity index is 1.99. The van der Waals surface area contributed by atoms with Gasteiger partial charge in [0.15, 0.2) is 0 Å². The first-order valence-electron chi connectivity index (χ1n) is 4.78. The van der Waals surface area contributed by atoms with Gasteiger partial charge in [0.05, 0.1) is 6.04 Å². The zero-order chi connectivity index (χ0) is 10.7. The molecule has 0 unspecified atom stereocenters. The quantitative estimate of drug-likeness (QED) is 0.733. The molecule has 5 nitrogen and oxygen atoms in total. The summed E-state index contributed by atoms with van der Waals surface area (Å²) in [5.41, 5.74) is 0. The molecule has 1 aliphatic heterocycles. The maximum Gasteiger partial charge on any atom is 0.243 e. The molecule has 0 saturated carbocycles. The minimum absolute atomic E-state index is 0.102. The van der Waals surface area contributed by atoms with E-state index in [2.05, 4.69) is 20.6 Å². The van der Waals surface area contributed by atoms with Gasteiger partial charge in [-0.2, -0.15) is 0 Å². The van der Waals surface area contributed by atoms with Crippen LogP contribution >= 0.6 is 11.6 Å². The first-order chi connectivity index (χ1) is 7.25. The lowest BCUT2D eigenvalue weighted by Crippen LogP contribution is -2.35. The Kier molecular flexibility index (Phi) is 3.13. The zero-order valence-corrected chi connectivity index (χ0v) is 8.79. The molecule has 2 N–H and O–H groups in total. The molecule has 1 aliphatic rings. The lowest BCUT2D eigenvalue weighted by atomic mass is 10.2. The van der Waals surface area contributed by atoms with Crippen molar-refractivity contribution in [3.63, 3.8) is 0 Å². The average Bonchev–Trinajstić information content (AvgIpc) is 2.70. The first-order valence-corrected chi connectivity index (χ1v) is 5.16. The smallest absolute Gasteiger partial charge is 0.243 e. The normalized spacial score (nSPS) is 20.2. The molecule has 1 amide bonds. The van der Waals surface area contributed by atoms with Crippen molar-refractivity contribution in [2.75, 3.05) is 11.9 Å². The van der Waals surface area contributed by atoms with Gasteiger partial charge >= 0.3 is 0 Å². The van der Waals surface area contributed by atoms with Gasteiger partial charge in [0.25, 0.3) is 0 Å². The van der Waals surface area contributed by atoms with Crippen molar-refractivity contribution in [3.8, 4) is 0 Å². The molecule has 1 saturated heterocycles. The summed E-state index contributed by atoms with van der Waals surface area (Å²) in [6, 6.07) is 1.43. The fourth-order valence-electron chi connectivity index (χ4n) is 1.50. The van der Waals surface area contributed by atoms with Gasteiger partial charge in [-0.3, -0.25) is 10.1 Å². The molecule has 0 spiro atoms. The van der Waals surface area contributed by atoms with Crippen LogP contribution in [-0.2, 0) is 4.79 Å². The number of nitrogens with zero attached hydrogens (tertiary/aromatic N) is 2. The van der Waals surface area contributed by atoms with Crippen molar-refractivity contribution in [3.05, 3.63) is 17.4 Å². The molecule has 1 aromatic heterocycles. The molecule has 0 radical (unpaired) electrons. The molecule has 6 heteroatoms. The van der Waals surface area contributed by atoms with E-state index < -0.39 is 0 Å². The van der Waals surface area contributed by atoms with E-state index in [0.717, 1.165) is 19.4 Å². The number of anilines is 1. The molecule has 1 aromatic rings. The highest BCUT2D eigenvalue weighted by molar-refractivity contribution is 6.29. The van der Waals surface area contributed by atoms with Crippen LogP contribution in [-0.4, -0.2) is 28.5 Å². The number of rotatable bonds is 2. The van der Waals surface area contributed by atoms with Crippen molar-refractivity contribution in [1.29, 1.82) is 0 Å². The van der Waals surface area contributed by atoms with Gasteiger partial charge in [0.2, 0.25) is 11.9 Å². The largest absolute Gasteiger partial charge is 0.306 e. The number of hydrogen-bond acceptors (Lipinski definition) is 4. The Morgan fingerprint density at radius 2 is 2.53 bits per heavy atom. The van der Waals surface area contributed by atoms with E-state index in [1.54, 1.807) is 6.07 Å². The summed E-state index contributed by atoms with van der Waals surface area (Å²) in [7, 11) is 0. The molecule has 0 aliphatic carbocycles. The van der Waals surface area contributed by atoms with Gasteiger partial charge in [-0.1, -0.05) is 11.6 Å². The number of hydrogen-bond donors (Lipinski definition) is 2. The summed E-state index contributed by atoms with van der Waals surface area (Å²) in [5.74, 6) is 0.149. The predicted molar refractivity (Wildman–Crippen MR) is 56.7 cm³/mol. The summed E-state index contributed by atoms with van der Waals surface area (Å²) in [5, 5.41) is 6.03. The van der Waals surface area contributed by atoms with Crippen LogP contribution in [0.25, 0.3) is 0 Å². The third kappa shape index (κ3) is 2.64. The van der Waals surface area contributed by atoms with Gasteiger partial charge < -0.3 is 5.32 Å². The maximum absolute atomic E-state index is 11.6. The third-order valence-electron chi connectivity index (χ3n) is 2.23. The van der Waals surface area contributed by atoms with Crippen molar-refractivity contribution >= 4 is 23.5 Å². The fourth-order valence-corrected chi connectivity index (χ4v) is 1.64. The Hall–Kier alpha value is -1.20. The summed E-state index contributed by atoms with van der Waals surface area (Å²) in [6.45, 7) is 0.883. The molecule has 0 aromatic carbocycles. The summed E-state index contributed by atoms with van der Waals surface area (Å²) in [4.78, 5) is 19.4.